The number of likely N-dealkylation sites (tertiary alicyclic amines) is 1. The van der Waals surface area contributed by atoms with Gasteiger partial charge in [0.2, 0.25) is 24.5 Å². The van der Waals surface area contributed by atoms with Crippen LogP contribution in [0.3, 0.4) is 0 Å². The van der Waals surface area contributed by atoms with Gasteiger partial charge in [0.15, 0.2) is 11.5 Å². The number of rotatable bonds is 3. The second kappa shape index (κ2) is 6.79. The minimum Gasteiger partial charge on any atom is -0.454 e. The lowest BCUT2D eigenvalue weighted by molar-refractivity contribution is -0.143. The number of imide groups is 1. The number of carbonyl (C=O) groups excluding carboxylic acids is 3. The van der Waals surface area contributed by atoms with Crippen molar-refractivity contribution in [2.24, 2.45) is 11.8 Å². The van der Waals surface area contributed by atoms with Gasteiger partial charge in [-0.05, 0) is 37.6 Å². The van der Waals surface area contributed by atoms with Crippen LogP contribution in [-0.2, 0) is 26.5 Å². The molecule has 4 aliphatic heterocycles. The maximum atomic E-state index is 13.8. The summed E-state index contributed by atoms with van der Waals surface area (Å²) in [7, 11) is 0. The van der Waals surface area contributed by atoms with Crippen LogP contribution in [0.5, 0.6) is 11.5 Å². The molecule has 0 unspecified atom stereocenters. The molecule has 4 aliphatic rings. The SMILES string of the molecule is Cc1ccc2c(c1)[C@]1(N[C@H]([C@@H](C)O)[C@H]3C(=O)N(Cc4ccc5c(c4)OCO5)C(=O)[C@@H]31)C(=O)N2. The topological polar surface area (TPSA) is 117 Å². The Morgan fingerprint density at radius 3 is 2.70 bits per heavy atom. The summed E-state index contributed by atoms with van der Waals surface area (Å²) in [6.45, 7) is 3.65. The van der Waals surface area contributed by atoms with E-state index >= 15 is 0 Å². The molecule has 0 saturated carbocycles. The predicted molar refractivity (Wildman–Crippen MR) is 115 cm³/mol. The fourth-order valence-corrected chi connectivity index (χ4v) is 5.70. The van der Waals surface area contributed by atoms with Crippen molar-refractivity contribution in [3.05, 3.63) is 53.1 Å². The Kier molecular flexibility index (Phi) is 4.15. The molecule has 33 heavy (non-hydrogen) atoms. The van der Waals surface area contributed by atoms with Gasteiger partial charge in [-0.1, -0.05) is 23.8 Å². The third-order valence-corrected chi connectivity index (χ3v) is 7.19. The van der Waals surface area contributed by atoms with Gasteiger partial charge in [0.05, 0.1) is 24.5 Å². The highest BCUT2D eigenvalue weighted by atomic mass is 16.7. The maximum Gasteiger partial charge on any atom is 0.250 e. The Balaban J connectivity index is 1.42. The molecule has 4 heterocycles. The van der Waals surface area contributed by atoms with E-state index < -0.39 is 41.3 Å². The molecule has 0 aromatic heterocycles. The standard InChI is InChI=1S/C24H23N3O6/c1-11-3-5-15-14(7-11)24(23(31)25-15)19-18(20(26-24)12(2)28)21(29)27(22(19)30)9-13-4-6-16-17(8-13)33-10-32-16/h3-8,12,18-20,26,28H,9-10H2,1-2H3,(H,25,31)/t12-,18+,19-,20-,24-/m1/s1. The first kappa shape index (κ1) is 20.2. The zero-order chi connectivity index (χ0) is 23.1. The Morgan fingerprint density at radius 2 is 1.91 bits per heavy atom. The van der Waals surface area contributed by atoms with Crippen LogP contribution in [0, 0.1) is 18.8 Å². The second-order valence-corrected chi connectivity index (χ2v) is 9.18. The molecule has 3 N–H and O–H groups in total. The Labute approximate surface area is 189 Å². The van der Waals surface area contributed by atoms with Crippen molar-refractivity contribution in [2.75, 3.05) is 12.1 Å². The summed E-state index contributed by atoms with van der Waals surface area (Å²) >= 11 is 0. The lowest BCUT2D eigenvalue weighted by atomic mass is 9.76. The van der Waals surface area contributed by atoms with Crippen LogP contribution < -0.4 is 20.1 Å². The molecule has 2 aromatic carbocycles. The molecule has 2 aromatic rings. The molecule has 9 heteroatoms. The number of anilines is 1. The average Bonchev–Trinajstić information content (AvgIpc) is 3.51. The van der Waals surface area contributed by atoms with E-state index in [2.05, 4.69) is 10.6 Å². The van der Waals surface area contributed by atoms with E-state index in [9.17, 15) is 19.5 Å². The van der Waals surface area contributed by atoms with Crippen molar-refractivity contribution in [3.8, 4) is 11.5 Å². The van der Waals surface area contributed by atoms with E-state index in [0.29, 0.717) is 28.3 Å². The van der Waals surface area contributed by atoms with Crippen LogP contribution in [-0.4, -0.2) is 46.7 Å². The molecule has 0 radical (unpaired) electrons. The fraction of sp³-hybridized carbons (Fsp3) is 0.375. The predicted octanol–water partition coefficient (Wildman–Crippen LogP) is 1.03. The molecule has 9 nitrogen and oxygen atoms in total. The number of ether oxygens (including phenoxy) is 2. The molecule has 1 spiro atoms. The van der Waals surface area contributed by atoms with Gasteiger partial charge in [0.25, 0.3) is 0 Å². The summed E-state index contributed by atoms with van der Waals surface area (Å²) in [6.07, 6.45) is -0.944. The first-order valence-corrected chi connectivity index (χ1v) is 10.9. The van der Waals surface area contributed by atoms with E-state index in [4.69, 9.17) is 9.47 Å². The van der Waals surface area contributed by atoms with Gasteiger partial charge in [-0.3, -0.25) is 24.6 Å². The molecule has 2 saturated heterocycles. The summed E-state index contributed by atoms with van der Waals surface area (Å²) in [5, 5.41) is 16.6. The third-order valence-electron chi connectivity index (χ3n) is 7.19. The third kappa shape index (κ3) is 2.63. The van der Waals surface area contributed by atoms with Crippen LogP contribution in [0.4, 0.5) is 5.69 Å². The van der Waals surface area contributed by atoms with Gasteiger partial charge in [-0.15, -0.1) is 0 Å². The summed E-state index contributed by atoms with van der Waals surface area (Å²) in [4.78, 5) is 41.9. The first-order chi connectivity index (χ1) is 15.8. The number of aliphatic hydroxyl groups excluding tert-OH is 1. The van der Waals surface area contributed by atoms with Gasteiger partial charge in [-0.2, -0.15) is 0 Å². The molecule has 5 atom stereocenters. The highest BCUT2D eigenvalue weighted by Gasteiger charge is 2.71. The number of nitrogens with one attached hydrogen (secondary N) is 2. The minimum absolute atomic E-state index is 0.0478. The van der Waals surface area contributed by atoms with Gasteiger partial charge in [0.1, 0.15) is 5.54 Å². The number of aryl methyl sites for hydroxylation is 1. The molecule has 6 rings (SSSR count). The van der Waals surface area contributed by atoms with Crippen molar-refractivity contribution >= 4 is 23.4 Å². The van der Waals surface area contributed by atoms with E-state index in [1.165, 1.54) is 4.90 Å². The second-order valence-electron chi connectivity index (χ2n) is 9.18. The van der Waals surface area contributed by atoms with Crippen molar-refractivity contribution in [1.82, 2.24) is 10.2 Å². The van der Waals surface area contributed by atoms with Gasteiger partial charge in [0, 0.05) is 17.3 Å². The number of hydrogen-bond donors (Lipinski definition) is 3. The highest BCUT2D eigenvalue weighted by Crippen LogP contribution is 2.53. The van der Waals surface area contributed by atoms with Gasteiger partial charge < -0.3 is 19.9 Å². The zero-order valence-corrected chi connectivity index (χ0v) is 18.1. The number of carbonyl (C=O) groups is 3. The average molecular weight is 449 g/mol. The zero-order valence-electron chi connectivity index (χ0n) is 18.1. The molecular formula is C24H23N3O6. The van der Waals surface area contributed by atoms with Crippen molar-refractivity contribution < 1.29 is 29.0 Å². The number of amides is 3. The van der Waals surface area contributed by atoms with E-state index in [0.717, 1.165) is 5.56 Å². The minimum atomic E-state index is -1.41. The van der Waals surface area contributed by atoms with E-state index in [1.54, 1.807) is 31.2 Å². The van der Waals surface area contributed by atoms with Crippen LogP contribution in [0.2, 0.25) is 0 Å². The van der Waals surface area contributed by atoms with Crippen molar-refractivity contribution in [1.29, 1.82) is 0 Å². The van der Waals surface area contributed by atoms with Crippen molar-refractivity contribution in [3.63, 3.8) is 0 Å². The van der Waals surface area contributed by atoms with E-state index in [-0.39, 0.29) is 19.2 Å². The highest BCUT2D eigenvalue weighted by molar-refractivity contribution is 6.15. The molecule has 3 amide bonds. The van der Waals surface area contributed by atoms with E-state index in [1.807, 2.05) is 19.1 Å². The van der Waals surface area contributed by atoms with Gasteiger partial charge >= 0.3 is 0 Å². The maximum absolute atomic E-state index is 13.8. The number of benzene rings is 2. The van der Waals surface area contributed by atoms with Gasteiger partial charge in [-0.25, -0.2) is 0 Å². The van der Waals surface area contributed by atoms with Crippen LogP contribution in [0.25, 0.3) is 0 Å². The first-order valence-electron chi connectivity index (χ1n) is 10.9. The van der Waals surface area contributed by atoms with Crippen LogP contribution in [0.15, 0.2) is 36.4 Å². The number of hydrogen-bond acceptors (Lipinski definition) is 7. The fourth-order valence-electron chi connectivity index (χ4n) is 5.70. The normalized spacial score (nSPS) is 30.1. The summed E-state index contributed by atoms with van der Waals surface area (Å²) in [6, 6.07) is 10.1. The lowest BCUT2D eigenvalue weighted by Crippen LogP contribution is -2.54. The van der Waals surface area contributed by atoms with Crippen LogP contribution in [0.1, 0.15) is 23.6 Å². The summed E-state index contributed by atoms with van der Waals surface area (Å²) in [5.41, 5.74) is 1.47. The smallest absolute Gasteiger partial charge is 0.250 e. The molecule has 2 fully saturated rings. The summed E-state index contributed by atoms with van der Waals surface area (Å²) < 4.78 is 10.7. The van der Waals surface area contributed by atoms with Crippen molar-refractivity contribution in [2.45, 2.75) is 38.1 Å². The number of nitrogens with zero attached hydrogens (tertiary/aromatic N) is 1. The molecular weight excluding hydrogens is 426 g/mol. The summed E-state index contributed by atoms with van der Waals surface area (Å²) in [5.74, 6) is -1.85. The Bertz CT molecular complexity index is 1230. The number of aliphatic hydroxyl groups is 1. The molecule has 0 aliphatic carbocycles. The molecule has 0 bridgehead atoms. The Morgan fingerprint density at radius 1 is 1.12 bits per heavy atom. The van der Waals surface area contributed by atoms with Crippen LogP contribution >= 0.6 is 0 Å². The largest absolute Gasteiger partial charge is 0.454 e. The quantitative estimate of drug-likeness (QED) is 0.599. The number of fused-ring (bicyclic) bond motifs is 5. The lowest BCUT2D eigenvalue weighted by Gasteiger charge is -2.30. The monoisotopic (exact) mass is 449 g/mol. The Hall–Kier alpha value is -3.43. The molecule has 170 valence electrons.